The van der Waals surface area contributed by atoms with Crippen LogP contribution in [-0.2, 0) is 0 Å². The molecule has 0 saturated heterocycles. The van der Waals surface area contributed by atoms with Gasteiger partial charge in [-0.25, -0.2) is 4.98 Å². The number of amides is 1. The predicted molar refractivity (Wildman–Crippen MR) is 74.3 cm³/mol. The summed E-state index contributed by atoms with van der Waals surface area (Å²) in [6, 6.07) is 5.87. The van der Waals surface area contributed by atoms with Crippen LogP contribution in [0, 0.1) is 13.8 Å². The molecule has 0 spiro atoms. The van der Waals surface area contributed by atoms with Gasteiger partial charge in [0.1, 0.15) is 5.82 Å². The molecule has 0 atom stereocenters. The standard InChI is InChI=1S/C14H18N4O/c1-8(2)12-16-13(18-17-12)14(19)15-11-6-5-9(3)7-10(11)4/h5-8H,1-4H3,(H,15,19)(H,16,17,18). The quantitative estimate of drug-likeness (QED) is 0.889. The Bertz CT molecular complexity index is 601. The molecule has 100 valence electrons. The van der Waals surface area contributed by atoms with E-state index >= 15 is 0 Å². The van der Waals surface area contributed by atoms with Crippen LogP contribution in [0.3, 0.4) is 0 Å². The molecule has 0 saturated carbocycles. The van der Waals surface area contributed by atoms with Crippen LogP contribution in [0.4, 0.5) is 5.69 Å². The summed E-state index contributed by atoms with van der Waals surface area (Å²) < 4.78 is 0. The number of anilines is 1. The highest BCUT2D eigenvalue weighted by Gasteiger charge is 2.14. The van der Waals surface area contributed by atoms with Gasteiger partial charge in [0.2, 0.25) is 5.82 Å². The number of carbonyl (C=O) groups excluding carboxylic acids is 1. The maximum absolute atomic E-state index is 12.0. The van der Waals surface area contributed by atoms with Gasteiger partial charge in [-0.15, -0.1) is 5.10 Å². The van der Waals surface area contributed by atoms with Gasteiger partial charge in [0.05, 0.1) is 0 Å². The van der Waals surface area contributed by atoms with Crippen molar-refractivity contribution in [3.05, 3.63) is 41.0 Å². The van der Waals surface area contributed by atoms with Gasteiger partial charge in [0.25, 0.3) is 5.91 Å². The molecule has 5 heteroatoms. The zero-order valence-electron chi connectivity index (χ0n) is 11.6. The van der Waals surface area contributed by atoms with E-state index in [-0.39, 0.29) is 17.6 Å². The van der Waals surface area contributed by atoms with Crippen LogP contribution in [0.25, 0.3) is 0 Å². The average Bonchev–Trinajstić information content (AvgIpc) is 2.82. The van der Waals surface area contributed by atoms with Crippen LogP contribution in [0.1, 0.15) is 47.3 Å². The molecule has 0 aliphatic heterocycles. The number of carbonyl (C=O) groups is 1. The summed E-state index contributed by atoms with van der Waals surface area (Å²) in [6.07, 6.45) is 0. The molecular weight excluding hydrogens is 240 g/mol. The summed E-state index contributed by atoms with van der Waals surface area (Å²) in [5, 5.41) is 9.53. The van der Waals surface area contributed by atoms with E-state index in [9.17, 15) is 4.79 Å². The summed E-state index contributed by atoms with van der Waals surface area (Å²) in [5.41, 5.74) is 2.97. The summed E-state index contributed by atoms with van der Waals surface area (Å²) in [5.74, 6) is 0.805. The van der Waals surface area contributed by atoms with Gasteiger partial charge in [-0.05, 0) is 25.5 Å². The number of aromatic nitrogens is 3. The number of H-pyrrole nitrogens is 1. The second kappa shape index (κ2) is 5.22. The summed E-state index contributed by atoms with van der Waals surface area (Å²) in [7, 11) is 0. The summed E-state index contributed by atoms with van der Waals surface area (Å²) in [4.78, 5) is 16.2. The van der Waals surface area contributed by atoms with E-state index in [4.69, 9.17) is 0 Å². The van der Waals surface area contributed by atoms with E-state index in [1.807, 2.05) is 45.9 Å². The van der Waals surface area contributed by atoms with Gasteiger partial charge in [-0.2, -0.15) is 0 Å². The topological polar surface area (TPSA) is 70.7 Å². The lowest BCUT2D eigenvalue weighted by molar-refractivity contribution is 0.101. The SMILES string of the molecule is Cc1ccc(NC(=O)c2n[nH]c(C(C)C)n2)c(C)c1. The predicted octanol–water partition coefficient (Wildman–Crippen LogP) is 2.80. The normalized spacial score (nSPS) is 10.8. The molecule has 1 amide bonds. The fraction of sp³-hybridized carbons (Fsp3) is 0.357. The van der Waals surface area contributed by atoms with Crippen molar-refractivity contribution >= 4 is 11.6 Å². The Morgan fingerprint density at radius 2 is 2.05 bits per heavy atom. The molecule has 5 nitrogen and oxygen atoms in total. The van der Waals surface area contributed by atoms with Crippen molar-refractivity contribution in [2.75, 3.05) is 5.32 Å². The van der Waals surface area contributed by atoms with Gasteiger partial charge < -0.3 is 5.32 Å². The molecule has 2 rings (SSSR count). The molecule has 2 N–H and O–H groups in total. The Labute approximate surface area is 112 Å². The van der Waals surface area contributed by atoms with Crippen LogP contribution < -0.4 is 5.32 Å². The molecule has 1 aromatic heterocycles. The lowest BCUT2D eigenvalue weighted by atomic mass is 10.1. The van der Waals surface area contributed by atoms with Crippen LogP contribution >= 0.6 is 0 Å². The van der Waals surface area contributed by atoms with Crippen molar-refractivity contribution in [3.63, 3.8) is 0 Å². The average molecular weight is 258 g/mol. The van der Waals surface area contributed by atoms with Crippen molar-refractivity contribution in [1.29, 1.82) is 0 Å². The molecular formula is C14H18N4O. The Balaban J connectivity index is 2.16. The zero-order valence-corrected chi connectivity index (χ0v) is 11.6. The molecule has 19 heavy (non-hydrogen) atoms. The van der Waals surface area contributed by atoms with E-state index in [1.165, 1.54) is 0 Å². The summed E-state index contributed by atoms with van der Waals surface area (Å²) in [6.45, 7) is 7.96. The van der Waals surface area contributed by atoms with E-state index < -0.39 is 0 Å². The minimum absolute atomic E-state index is 0.170. The number of rotatable bonds is 3. The van der Waals surface area contributed by atoms with E-state index in [2.05, 4.69) is 20.5 Å². The minimum atomic E-state index is -0.296. The lowest BCUT2D eigenvalue weighted by Gasteiger charge is -2.07. The van der Waals surface area contributed by atoms with Crippen molar-refractivity contribution < 1.29 is 4.79 Å². The van der Waals surface area contributed by atoms with Crippen molar-refractivity contribution in [3.8, 4) is 0 Å². The molecule has 0 aliphatic carbocycles. The van der Waals surface area contributed by atoms with Crippen molar-refractivity contribution in [1.82, 2.24) is 15.2 Å². The van der Waals surface area contributed by atoms with E-state index in [1.54, 1.807) is 0 Å². The molecule has 0 fully saturated rings. The molecule has 0 bridgehead atoms. The molecule has 0 unspecified atom stereocenters. The Kier molecular flexibility index (Phi) is 3.64. The van der Waals surface area contributed by atoms with Gasteiger partial charge in [-0.1, -0.05) is 31.5 Å². The molecule has 1 aromatic carbocycles. The van der Waals surface area contributed by atoms with Gasteiger partial charge in [0.15, 0.2) is 0 Å². The number of nitrogens with one attached hydrogen (secondary N) is 2. The fourth-order valence-corrected chi connectivity index (χ4v) is 1.77. The Hall–Kier alpha value is -2.17. The maximum atomic E-state index is 12.0. The second-order valence-electron chi connectivity index (χ2n) is 4.97. The second-order valence-corrected chi connectivity index (χ2v) is 4.97. The Morgan fingerprint density at radius 3 is 2.63 bits per heavy atom. The number of hydrogen-bond acceptors (Lipinski definition) is 3. The minimum Gasteiger partial charge on any atom is -0.319 e. The molecule has 0 radical (unpaired) electrons. The molecule has 2 aromatic rings. The maximum Gasteiger partial charge on any atom is 0.295 e. The van der Waals surface area contributed by atoms with E-state index in [0.717, 1.165) is 16.8 Å². The zero-order chi connectivity index (χ0) is 14.0. The number of aryl methyl sites for hydroxylation is 2. The van der Waals surface area contributed by atoms with Crippen LogP contribution in [0.5, 0.6) is 0 Å². The van der Waals surface area contributed by atoms with Crippen molar-refractivity contribution in [2.45, 2.75) is 33.6 Å². The fourth-order valence-electron chi connectivity index (χ4n) is 1.77. The smallest absolute Gasteiger partial charge is 0.295 e. The first-order chi connectivity index (χ1) is 8.97. The first-order valence-electron chi connectivity index (χ1n) is 6.28. The molecule has 0 aliphatic rings. The number of benzene rings is 1. The highest BCUT2D eigenvalue weighted by atomic mass is 16.2. The third-order valence-corrected chi connectivity index (χ3v) is 2.88. The van der Waals surface area contributed by atoms with Crippen LogP contribution in [0.2, 0.25) is 0 Å². The highest BCUT2D eigenvalue weighted by Crippen LogP contribution is 2.16. The first kappa shape index (κ1) is 13.3. The molecule has 1 heterocycles. The lowest BCUT2D eigenvalue weighted by Crippen LogP contribution is -2.14. The largest absolute Gasteiger partial charge is 0.319 e. The van der Waals surface area contributed by atoms with Gasteiger partial charge in [-0.3, -0.25) is 9.89 Å². The third-order valence-electron chi connectivity index (χ3n) is 2.88. The number of aromatic amines is 1. The van der Waals surface area contributed by atoms with Gasteiger partial charge in [0, 0.05) is 11.6 Å². The summed E-state index contributed by atoms with van der Waals surface area (Å²) >= 11 is 0. The number of hydrogen-bond donors (Lipinski definition) is 2. The first-order valence-corrected chi connectivity index (χ1v) is 6.28. The van der Waals surface area contributed by atoms with Crippen LogP contribution in [-0.4, -0.2) is 21.1 Å². The number of nitrogens with zero attached hydrogens (tertiary/aromatic N) is 2. The van der Waals surface area contributed by atoms with Gasteiger partial charge >= 0.3 is 0 Å². The van der Waals surface area contributed by atoms with Crippen LogP contribution in [0.15, 0.2) is 18.2 Å². The van der Waals surface area contributed by atoms with E-state index in [0.29, 0.717) is 5.82 Å². The monoisotopic (exact) mass is 258 g/mol. The Morgan fingerprint density at radius 1 is 1.32 bits per heavy atom. The highest BCUT2D eigenvalue weighted by molar-refractivity contribution is 6.01. The third kappa shape index (κ3) is 2.99. The van der Waals surface area contributed by atoms with Crippen molar-refractivity contribution in [2.24, 2.45) is 0 Å².